The van der Waals surface area contributed by atoms with Gasteiger partial charge in [0.25, 0.3) is 0 Å². The Bertz CT molecular complexity index is 262. The fourth-order valence-electron chi connectivity index (χ4n) is 1.16. The number of hydrogen-bond acceptors (Lipinski definition) is 3. The van der Waals surface area contributed by atoms with Gasteiger partial charge in [-0.15, -0.1) is 11.3 Å². The average molecular weight is 216 g/mol. The van der Waals surface area contributed by atoms with E-state index in [1.165, 1.54) is 4.88 Å². The van der Waals surface area contributed by atoms with Gasteiger partial charge in [-0.25, -0.2) is 4.98 Å². The number of rotatable bonds is 6. The predicted molar refractivity (Wildman–Crippen MR) is 58.5 cm³/mol. The van der Waals surface area contributed by atoms with Crippen molar-refractivity contribution in [1.82, 2.24) is 10.3 Å². The number of aryl methyl sites for hydroxylation is 1. The van der Waals surface area contributed by atoms with E-state index in [1.54, 1.807) is 11.3 Å². The molecule has 1 heterocycles. The molecule has 0 fully saturated rings. The van der Waals surface area contributed by atoms with Crippen LogP contribution in [0.25, 0.3) is 0 Å². The van der Waals surface area contributed by atoms with E-state index in [2.05, 4.69) is 24.1 Å². The summed E-state index contributed by atoms with van der Waals surface area (Å²) < 4.78 is 11.9. The lowest BCUT2D eigenvalue weighted by molar-refractivity contribution is 0.445. The van der Waals surface area contributed by atoms with Gasteiger partial charge < -0.3 is 5.32 Å². The lowest BCUT2D eigenvalue weighted by Crippen LogP contribution is -2.19. The fraction of sp³-hybridized carbons (Fsp3) is 0.700. The first kappa shape index (κ1) is 11.6. The van der Waals surface area contributed by atoms with Crippen LogP contribution >= 0.6 is 11.3 Å². The summed E-state index contributed by atoms with van der Waals surface area (Å²) in [5.41, 5.74) is 0. The van der Waals surface area contributed by atoms with Crippen molar-refractivity contribution in [3.05, 3.63) is 16.1 Å². The number of hydrogen-bond donors (Lipinski definition) is 1. The molecule has 0 aliphatic carbocycles. The van der Waals surface area contributed by atoms with Crippen molar-refractivity contribution in [1.29, 1.82) is 0 Å². The van der Waals surface area contributed by atoms with Crippen molar-refractivity contribution in [2.75, 3.05) is 13.2 Å². The summed E-state index contributed by atoms with van der Waals surface area (Å²) >= 11 is 1.73. The molecule has 2 nitrogen and oxygen atoms in total. The summed E-state index contributed by atoms with van der Waals surface area (Å²) in [5.74, 6) is 0. The maximum absolute atomic E-state index is 11.9. The third-order valence-corrected chi connectivity index (χ3v) is 3.38. The zero-order chi connectivity index (χ0) is 10.4. The Morgan fingerprint density at radius 2 is 2.43 bits per heavy atom. The van der Waals surface area contributed by atoms with E-state index in [-0.39, 0.29) is 12.7 Å². The van der Waals surface area contributed by atoms with Gasteiger partial charge >= 0.3 is 0 Å². The van der Waals surface area contributed by atoms with E-state index in [0.29, 0.717) is 6.42 Å². The molecule has 0 aliphatic rings. The first-order valence-corrected chi connectivity index (χ1v) is 5.83. The van der Waals surface area contributed by atoms with E-state index >= 15 is 0 Å². The van der Waals surface area contributed by atoms with Crippen molar-refractivity contribution in [2.45, 2.75) is 32.7 Å². The van der Waals surface area contributed by atoms with Crippen LogP contribution in [0.4, 0.5) is 4.39 Å². The number of nitrogens with zero attached hydrogens (tertiary/aromatic N) is 1. The van der Waals surface area contributed by atoms with Crippen LogP contribution in [0.3, 0.4) is 0 Å². The molecule has 0 saturated carbocycles. The number of aromatic nitrogens is 1. The van der Waals surface area contributed by atoms with Crippen LogP contribution in [0.15, 0.2) is 6.20 Å². The molecule has 1 rings (SSSR count). The van der Waals surface area contributed by atoms with E-state index in [1.807, 2.05) is 6.20 Å². The van der Waals surface area contributed by atoms with Crippen molar-refractivity contribution in [3.8, 4) is 0 Å². The van der Waals surface area contributed by atoms with Crippen molar-refractivity contribution >= 4 is 11.3 Å². The molecule has 4 heteroatoms. The molecule has 1 atom stereocenters. The van der Waals surface area contributed by atoms with E-state index < -0.39 is 0 Å². The SMILES string of the molecule is CCc1cnc(C(C)NCCCF)s1. The molecule has 14 heavy (non-hydrogen) atoms. The highest BCUT2D eigenvalue weighted by Crippen LogP contribution is 2.19. The number of thiazole rings is 1. The molecule has 0 radical (unpaired) electrons. The highest BCUT2D eigenvalue weighted by molar-refractivity contribution is 7.11. The quantitative estimate of drug-likeness (QED) is 0.740. The predicted octanol–water partition coefficient (Wildman–Crippen LogP) is 2.72. The third-order valence-electron chi connectivity index (χ3n) is 2.05. The largest absolute Gasteiger partial charge is 0.308 e. The molecule has 0 amide bonds. The Balaban J connectivity index is 2.39. The van der Waals surface area contributed by atoms with E-state index in [4.69, 9.17) is 0 Å². The van der Waals surface area contributed by atoms with Crippen molar-refractivity contribution < 1.29 is 4.39 Å². The molecule has 1 N–H and O–H groups in total. The third kappa shape index (κ3) is 3.35. The van der Waals surface area contributed by atoms with Crippen LogP contribution in [0, 0.1) is 0 Å². The van der Waals surface area contributed by atoms with Crippen LogP contribution in [0.5, 0.6) is 0 Å². The van der Waals surface area contributed by atoms with Crippen LogP contribution in [0.1, 0.15) is 36.2 Å². The average Bonchev–Trinajstić information content (AvgIpc) is 2.66. The highest BCUT2D eigenvalue weighted by atomic mass is 32.1. The van der Waals surface area contributed by atoms with Gasteiger partial charge in [-0.1, -0.05) is 6.92 Å². The van der Waals surface area contributed by atoms with Gasteiger partial charge in [0.2, 0.25) is 0 Å². The maximum atomic E-state index is 11.9. The first-order valence-electron chi connectivity index (χ1n) is 5.01. The second-order valence-electron chi connectivity index (χ2n) is 3.24. The van der Waals surface area contributed by atoms with Crippen LogP contribution in [-0.2, 0) is 6.42 Å². The lowest BCUT2D eigenvalue weighted by atomic mass is 10.3. The molecule has 1 aromatic heterocycles. The van der Waals surface area contributed by atoms with Gasteiger partial charge in [-0.05, 0) is 26.3 Å². The van der Waals surface area contributed by atoms with Crippen molar-refractivity contribution in [2.24, 2.45) is 0 Å². The summed E-state index contributed by atoms with van der Waals surface area (Å²) in [4.78, 5) is 5.63. The molecule has 80 valence electrons. The molecule has 0 aliphatic heterocycles. The normalized spacial score (nSPS) is 13.1. The summed E-state index contributed by atoms with van der Waals surface area (Å²) in [6.07, 6.45) is 3.54. The molecular weight excluding hydrogens is 199 g/mol. The van der Waals surface area contributed by atoms with E-state index in [9.17, 15) is 4.39 Å². The Labute approximate surface area is 88.6 Å². The smallest absolute Gasteiger partial charge is 0.109 e. The zero-order valence-electron chi connectivity index (χ0n) is 8.72. The van der Waals surface area contributed by atoms with Crippen LogP contribution in [-0.4, -0.2) is 18.2 Å². The minimum atomic E-state index is -0.252. The van der Waals surface area contributed by atoms with Gasteiger partial charge in [0.05, 0.1) is 12.7 Å². The molecule has 0 bridgehead atoms. The Morgan fingerprint density at radius 1 is 1.64 bits per heavy atom. The Hall–Kier alpha value is -0.480. The molecule has 0 spiro atoms. The van der Waals surface area contributed by atoms with Gasteiger partial charge in [-0.2, -0.15) is 0 Å². The second kappa shape index (κ2) is 6.09. The van der Waals surface area contributed by atoms with Gasteiger partial charge in [0, 0.05) is 11.1 Å². The number of halogens is 1. The topological polar surface area (TPSA) is 24.9 Å². The minimum absolute atomic E-state index is 0.242. The summed E-state index contributed by atoms with van der Waals surface area (Å²) in [5, 5.41) is 4.34. The Morgan fingerprint density at radius 3 is 3.00 bits per heavy atom. The number of alkyl halides is 1. The minimum Gasteiger partial charge on any atom is -0.308 e. The number of nitrogens with one attached hydrogen (secondary N) is 1. The molecule has 0 saturated heterocycles. The summed E-state index contributed by atoms with van der Waals surface area (Å²) in [6, 6.07) is 0.242. The van der Waals surface area contributed by atoms with Crippen molar-refractivity contribution in [3.63, 3.8) is 0 Å². The van der Waals surface area contributed by atoms with Gasteiger partial charge in [0.1, 0.15) is 5.01 Å². The highest BCUT2D eigenvalue weighted by Gasteiger charge is 2.08. The van der Waals surface area contributed by atoms with E-state index in [0.717, 1.165) is 18.0 Å². The summed E-state index contributed by atoms with van der Waals surface area (Å²) in [6.45, 7) is 4.66. The standard InChI is InChI=1S/C10H17FN2S/c1-3-9-7-13-10(14-9)8(2)12-6-4-5-11/h7-8,12H,3-6H2,1-2H3. The zero-order valence-corrected chi connectivity index (χ0v) is 9.53. The van der Waals surface area contributed by atoms with Crippen LogP contribution < -0.4 is 5.32 Å². The Kier molecular flexibility index (Phi) is 5.04. The maximum Gasteiger partial charge on any atom is 0.109 e. The molecule has 1 unspecified atom stereocenters. The van der Waals surface area contributed by atoms with Crippen LogP contribution in [0.2, 0.25) is 0 Å². The second-order valence-corrected chi connectivity index (χ2v) is 4.38. The molecule has 0 aromatic carbocycles. The van der Waals surface area contributed by atoms with Gasteiger partial charge in [0.15, 0.2) is 0 Å². The fourth-order valence-corrected chi connectivity index (χ4v) is 2.04. The first-order chi connectivity index (χ1) is 6.77. The monoisotopic (exact) mass is 216 g/mol. The molecule has 1 aromatic rings. The lowest BCUT2D eigenvalue weighted by Gasteiger charge is -2.09. The summed E-state index contributed by atoms with van der Waals surface area (Å²) in [7, 11) is 0. The molecular formula is C10H17FN2S. The van der Waals surface area contributed by atoms with Gasteiger partial charge in [-0.3, -0.25) is 4.39 Å².